The van der Waals surface area contributed by atoms with E-state index in [-0.39, 0.29) is 27.8 Å². The number of anilines is 1. The molecule has 29 heavy (non-hydrogen) atoms. The minimum atomic E-state index is -3.90. The topological polar surface area (TPSA) is 81.4 Å². The number of nitrogens with zero attached hydrogens (tertiary/aromatic N) is 1. The van der Waals surface area contributed by atoms with Crippen molar-refractivity contribution in [2.24, 2.45) is 0 Å². The Bertz CT molecular complexity index is 1100. The van der Waals surface area contributed by atoms with E-state index in [1.807, 2.05) is 31.2 Å². The smallest absolute Gasteiger partial charge is 0.233 e. The van der Waals surface area contributed by atoms with Crippen molar-refractivity contribution in [3.05, 3.63) is 59.1 Å². The van der Waals surface area contributed by atoms with Gasteiger partial charge >= 0.3 is 0 Å². The predicted octanol–water partition coefficient (Wildman–Crippen LogP) is 4.73. The second-order valence-corrected chi connectivity index (χ2v) is 9.24. The maximum Gasteiger partial charge on any atom is 0.233 e. The third kappa shape index (κ3) is 4.17. The zero-order valence-electron chi connectivity index (χ0n) is 15.9. The van der Waals surface area contributed by atoms with Gasteiger partial charge in [-0.15, -0.1) is 0 Å². The molecule has 6 nitrogen and oxygen atoms in total. The number of nitrogens with one attached hydrogen (secondary N) is 1. The summed E-state index contributed by atoms with van der Waals surface area (Å²) in [5, 5.41) is 3.41. The van der Waals surface area contributed by atoms with Crippen molar-refractivity contribution >= 4 is 27.3 Å². The molecule has 0 spiro atoms. The Balaban J connectivity index is 1.75. The lowest BCUT2D eigenvalue weighted by Crippen LogP contribution is -2.19. The van der Waals surface area contributed by atoms with E-state index in [0.717, 1.165) is 24.0 Å². The molecule has 2 aromatic carbocycles. The molecule has 3 aromatic rings. The first-order valence-electron chi connectivity index (χ1n) is 9.38. The number of aryl methyl sites for hydroxylation is 1. The van der Waals surface area contributed by atoms with Crippen LogP contribution >= 0.6 is 11.6 Å². The van der Waals surface area contributed by atoms with E-state index in [1.54, 1.807) is 0 Å². The van der Waals surface area contributed by atoms with Crippen LogP contribution in [0.1, 0.15) is 18.4 Å². The lowest BCUT2D eigenvalue weighted by atomic mass is 10.1. The summed E-state index contributed by atoms with van der Waals surface area (Å²) in [5.41, 5.74) is 1.68. The van der Waals surface area contributed by atoms with Crippen LogP contribution in [0.2, 0.25) is 5.02 Å². The molecule has 1 aliphatic heterocycles. The fourth-order valence-corrected chi connectivity index (χ4v) is 4.67. The molecular weight excluding hydrogens is 412 g/mol. The van der Waals surface area contributed by atoms with Gasteiger partial charge in [0.2, 0.25) is 26.6 Å². The molecule has 1 N–H and O–H groups in total. The number of hydrogen-bond donors (Lipinski definition) is 1. The largest absolute Gasteiger partial charge is 0.419 e. The van der Waals surface area contributed by atoms with Crippen molar-refractivity contribution in [3.8, 4) is 11.5 Å². The van der Waals surface area contributed by atoms with Gasteiger partial charge < -0.3 is 14.5 Å². The monoisotopic (exact) mass is 432 g/mol. The Morgan fingerprint density at radius 3 is 2.62 bits per heavy atom. The van der Waals surface area contributed by atoms with Gasteiger partial charge in [-0.3, -0.25) is 0 Å². The lowest BCUT2D eigenvalue weighted by molar-refractivity contribution is 0.120. The number of hydrogen-bond acceptors (Lipinski definition) is 6. The molecule has 1 aliphatic rings. The average Bonchev–Trinajstić information content (AvgIpc) is 3.37. The molecule has 2 heterocycles. The van der Waals surface area contributed by atoms with Crippen molar-refractivity contribution < 1.29 is 17.6 Å². The van der Waals surface area contributed by atoms with Crippen molar-refractivity contribution in [2.75, 3.05) is 18.5 Å². The first kappa shape index (κ1) is 19.9. The van der Waals surface area contributed by atoms with Gasteiger partial charge in [0, 0.05) is 23.7 Å². The van der Waals surface area contributed by atoms with Gasteiger partial charge in [-0.25, -0.2) is 8.42 Å². The number of sulfone groups is 1. The summed E-state index contributed by atoms with van der Waals surface area (Å²) in [5.74, 6) is 0.374. The van der Waals surface area contributed by atoms with E-state index in [0.29, 0.717) is 18.2 Å². The first-order chi connectivity index (χ1) is 13.9. The summed E-state index contributed by atoms with van der Waals surface area (Å²) in [6.07, 6.45) is 1.94. The lowest BCUT2D eigenvalue weighted by Gasteiger charge is -2.10. The zero-order chi connectivity index (χ0) is 20.4. The predicted molar refractivity (Wildman–Crippen MR) is 111 cm³/mol. The van der Waals surface area contributed by atoms with Crippen molar-refractivity contribution in [2.45, 2.75) is 35.8 Å². The molecule has 0 bridgehead atoms. The molecule has 0 aliphatic carbocycles. The molecule has 1 fully saturated rings. The SMILES string of the molecule is Cc1ccccc1-c1nc(S(=O)(=O)c2ccc(Cl)cc2)c(NC[C@@H]2CCCO2)o1. The molecule has 8 heteroatoms. The molecular formula is C21H21ClN2O4S. The third-order valence-corrected chi connectivity index (χ3v) is 6.79. The Labute approximate surface area is 174 Å². The van der Waals surface area contributed by atoms with Gasteiger partial charge in [0.15, 0.2) is 0 Å². The van der Waals surface area contributed by atoms with Crippen molar-refractivity contribution in [1.29, 1.82) is 0 Å². The highest BCUT2D eigenvalue weighted by Crippen LogP contribution is 2.34. The minimum absolute atomic E-state index is 0.0214. The summed E-state index contributed by atoms with van der Waals surface area (Å²) in [7, 11) is -3.90. The van der Waals surface area contributed by atoms with Crippen LogP contribution in [0.4, 0.5) is 5.88 Å². The second-order valence-electron chi connectivity index (χ2n) is 6.94. The number of benzene rings is 2. The van der Waals surface area contributed by atoms with Gasteiger partial charge in [0.25, 0.3) is 0 Å². The summed E-state index contributed by atoms with van der Waals surface area (Å²) in [6.45, 7) is 3.09. The van der Waals surface area contributed by atoms with Gasteiger partial charge in [-0.2, -0.15) is 4.98 Å². The highest BCUT2D eigenvalue weighted by atomic mass is 35.5. The van der Waals surface area contributed by atoms with Crippen LogP contribution in [-0.2, 0) is 14.6 Å². The Kier molecular flexibility index (Phi) is 5.63. The molecule has 0 radical (unpaired) electrons. The highest BCUT2D eigenvalue weighted by Gasteiger charge is 2.29. The Morgan fingerprint density at radius 2 is 1.93 bits per heavy atom. The maximum absolute atomic E-state index is 13.3. The van der Waals surface area contributed by atoms with Gasteiger partial charge in [-0.05, 0) is 55.7 Å². The van der Waals surface area contributed by atoms with Crippen molar-refractivity contribution in [1.82, 2.24) is 4.98 Å². The maximum atomic E-state index is 13.3. The molecule has 0 unspecified atom stereocenters. The normalized spacial score (nSPS) is 16.8. The van der Waals surface area contributed by atoms with E-state index in [2.05, 4.69) is 10.3 Å². The molecule has 152 valence electrons. The summed E-state index contributed by atoms with van der Waals surface area (Å²) < 4.78 is 38.0. The molecule has 4 rings (SSSR count). The molecule has 0 amide bonds. The van der Waals surface area contributed by atoms with Crippen LogP contribution in [0.3, 0.4) is 0 Å². The molecule has 1 aromatic heterocycles. The minimum Gasteiger partial charge on any atom is -0.419 e. The Hall–Kier alpha value is -2.35. The molecule has 0 saturated carbocycles. The van der Waals surface area contributed by atoms with Crippen LogP contribution < -0.4 is 5.32 Å². The van der Waals surface area contributed by atoms with Crippen LogP contribution in [0, 0.1) is 6.92 Å². The van der Waals surface area contributed by atoms with E-state index >= 15 is 0 Å². The molecule has 1 saturated heterocycles. The highest BCUT2D eigenvalue weighted by molar-refractivity contribution is 7.91. The van der Waals surface area contributed by atoms with E-state index < -0.39 is 9.84 Å². The number of aromatic nitrogens is 1. The van der Waals surface area contributed by atoms with Gasteiger partial charge in [0.1, 0.15) is 0 Å². The second kappa shape index (κ2) is 8.18. The fraction of sp³-hybridized carbons (Fsp3) is 0.286. The summed E-state index contributed by atoms with van der Waals surface area (Å²) >= 11 is 5.91. The fourth-order valence-electron chi connectivity index (χ4n) is 3.27. The van der Waals surface area contributed by atoms with Gasteiger partial charge in [0.05, 0.1) is 11.0 Å². The van der Waals surface area contributed by atoms with Crippen LogP contribution in [0.5, 0.6) is 0 Å². The third-order valence-electron chi connectivity index (χ3n) is 4.86. The quantitative estimate of drug-likeness (QED) is 0.606. The van der Waals surface area contributed by atoms with Crippen LogP contribution in [0.15, 0.2) is 62.9 Å². The molecule has 1 atom stereocenters. The van der Waals surface area contributed by atoms with E-state index in [9.17, 15) is 8.42 Å². The van der Waals surface area contributed by atoms with E-state index in [1.165, 1.54) is 24.3 Å². The van der Waals surface area contributed by atoms with Crippen LogP contribution in [0.25, 0.3) is 11.5 Å². The standard InChI is InChI=1S/C21H21ClN2O4S/c1-14-5-2-3-7-18(14)19-24-21(20(28-19)23-13-16-6-4-12-27-16)29(25,26)17-10-8-15(22)9-11-17/h2-3,5,7-11,16,23H,4,6,12-13H2,1H3/t16-/m0/s1. The average molecular weight is 433 g/mol. The number of ether oxygens (including phenoxy) is 1. The zero-order valence-corrected chi connectivity index (χ0v) is 17.5. The number of oxazole rings is 1. The van der Waals surface area contributed by atoms with Gasteiger partial charge in [-0.1, -0.05) is 29.8 Å². The van der Waals surface area contributed by atoms with E-state index in [4.69, 9.17) is 20.8 Å². The summed E-state index contributed by atoms with van der Waals surface area (Å²) in [6, 6.07) is 13.5. The summed E-state index contributed by atoms with van der Waals surface area (Å²) in [4.78, 5) is 4.47. The number of halogens is 1. The first-order valence-corrected chi connectivity index (χ1v) is 11.2. The Morgan fingerprint density at radius 1 is 1.17 bits per heavy atom. The number of rotatable bonds is 6. The van der Waals surface area contributed by atoms with Crippen molar-refractivity contribution in [3.63, 3.8) is 0 Å². The van der Waals surface area contributed by atoms with Crippen LogP contribution in [-0.4, -0.2) is 32.7 Å².